The first-order valence-electron chi connectivity index (χ1n) is 14.3. The molecule has 40 heavy (non-hydrogen) atoms. The highest BCUT2D eigenvalue weighted by molar-refractivity contribution is 6.01. The van der Waals surface area contributed by atoms with Crippen molar-refractivity contribution < 1.29 is 24.4 Å². The highest BCUT2D eigenvalue weighted by atomic mass is 16.5. The predicted octanol–water partition coefficient (Wildman–Crippen LogP) is 3.76. The largest absolute Gasteiger partial charge is 0.489 e. The lowest BCUT2D eigenvalue weighted by Gasteiger charge is -2.40. The molecule has 2 N–H and O–H groups in total. The average molecular weight is 539 g/mol. The SMILES string of the molecule is O=C1CCC(N2Cc3cc(O[C@H]4CCCC[C@@H]4N(Cc4ccccc4)Cc4ccccc4)ccc3C2=O)C(O)=[NH+]1. The van der Waals surface area contributed by atoms with E-state index < -0.39 is 6.04 Å². The van der Waals surface area contributed by atoms with Crippen LogP contribution in [-0.4, -0.2) is 50.8 Å². The van der Waals surface area contributed by atoms with Crippen molar-refractivity contribution >= 4 is 17.7 Å². The molecule has 1 saturated carbocycles. The molecule has 1 unspecified atom stereocenters. The molecule has 1 fully saturated rings. The van der Waals surface area contributed by atoms with Gasteiger partial charge in [0.2, 0.25) is 0 Å². The lowest BCUT2D eigenvalue weighted by Crippen LogP contribution is -2.82. The number of amides is 2. The van der Waals surface area contributed by atoms with E-state index in [-0.39, 0.29) is 36.3 Å². The van der Waals surface area contributed by atoms with Gasteiger partial charge in [-0.3, -0.25) is 9.69 Å². The number of nitrogens with zero attached hydrogens (tertiary/aromatic N) is 2. The molecule has 2 amide bonds. The summed E-state index contributed by atoms with van der Waals surface area (Å²) in [4.78, 5) is 31.5. The van der Waals surface area contributed by atoms with E-state index in [1.165, 1.54) is 17.5 Å². The number of rotatable bonds is 8. The van der Waals surface area contributed by atoms with Crippen molar-refractivity contribution in [1.82, 2.24) is 9.80 Å². The number of aliphatic hydroxyl groups is 1. The maximum atomic E-state index is 13.2. The van der Waals surface area contributed by atoms with Gasteiger partial charge in [-0.05, 0) is 60.6 Å². The molecule has 0 saturated heterocycles. The monoisotopic (exact) mass is 538 g/mol. The van der Waals surface area contributed by atoms with E-state index in [4.69, 9.17) is 4.74 Å². The summed E-state index contributed by atoms with van der Waals surface area (Å²) >= 11 is 0. The van der Waals surface area contributed by atoms with Crippen LogP contribution in [-0.2, 0) is 24.4 Å². The van der Waals surface area contributed by atoms with Crippen LogP contribution in [0.1, 0.15) is 65.6 Å². The summed E-state index contributed by atoms with van der Waals surface area (Å²) in [5, 5.41) is 10.3. The first-order chi connectivity index (χ1) is 19.5. The highest BCUT2D eigenvalue weighted by Gasteiger charge is 2.41. The minimum absolute atomic E-state index is 0.0402. The summed E-state index contributed by atoms with van der Waals surface area (Å²) in [6, 6.07) is 26.7. The van der Waals surface area contributed by atoms with E-state index in [0.29, 0.717) is 18.5 Å². The molecule has 3 aromatic carbocycles. The van der Waals surface area contributed by atoms with Crippen molar-refractivity contribution in [2.24, 2.45) is 0 Å². The lowest BCUT2D eigenvalue weighted by atomic mass is 9.90. The van der Waals surface area contributed by atoms with E-state index in [2.05, 4.69) is 70.6 Å². The number of hydrogen-bond acceptors (Lipinski definition) is 4. The predicted molar refractivity (Wildman–Crippen MR) is 152 cm³/mol. The summed E-state index contributed by atoms with van der Waals surface area (Å²) in [6.45, 7) is 2.09. The third-order valence-electron chi connectivity index (χ3n) is 8.39. The molecule has 3 aromatic rings. The molecule has 6 rings (SSSR count). The molecule has 0 radical (unpaired) electrons. The van der Waals surface area contributed by atoms with Crippen LogP contribution in [0.25, 0.3) is 0 Å². The molecular weight excluding hydrogens is 502 g/mol. The molecular formula is C33H36N3O4+. The zero-order valence-corrected chi connectivity index (χ0v) is 22.7. The molecule has 3 aliphatic rings. The Hall–Kier alpha value is -3.97. The fourth-order valence-electron chi connectivity index (χ4n) is 6.37. The van der Waals surface area contributed by atoms with Gasteiger partial charge >= 0.3 is 11.8 Å². The maximum absolute atomic E-state index is 13.2. The molecule has 3 atom stereocenters. The third-order valence-corrected chi connectivity index (χ3v) is 8.39. The zero-order valence-electron chi connectivity index (χ0n) is 22.7. The molecule has 0 aromatic heterocycles. The van der Waals surface area contributed by atoms with Crippen molar-refractivity contribution in [3.8, 4) is 5.75 Å². The first kappa shape index (κ1) is 26.3. The summed E-state index contributed by atoms with van der Waals surface area (Å²) in [7, 11) is 0. The number of aliphatic hydroxyl groups excluding tert-OH is 1. The average Bonchev–Trinajstić information content (AvgIpc) is 3.29. The Morgan fingerprint density at radius 1 is 0.875 bits per heavy atom. The van der Waals surface area contributed by atoms with Gasteiger partial charge < -0.3 is 14.7 Å². The maximum Gasteiger partial charge on any atom is 0.388 e. The summed E-state index contributed by atoms with van der Waals surface area (Å²) < 4.78 is 6.72. The standard InChI is InChI=1S/C33H35N3O4/c37-31-18-17-29(32(38)34-31)36-22-25-19-26(15-16-27(25)33(36)39)40-30-14-8-7-13-28(30)35(20-23-9-3-1-4-10-23)21-24-11-5-2-6-12-24/h1-6,9-12,15-16,19,28-30H,7-8,13-14,17-18,20-22H2,(H,34,37,38)/p+1/t28-,29?,30-/m0/s1. The molecule has 206 valence electrons. The van der Waals surface area contributed by atoms with E-state index in [1.54, 1.807) is 4.90 Å². The number of benzene rings is 3. The van der Waals surface area contributed by atoms with Crippen LogP contribution in [0.2, 0.25) is 0 Å². The molecule has 7 heteroatoms. The third kappa shape index (κ3) is 5.65. The van der Waals surface area contributed by atoms with Crippen molar-refractivity contribution in [3.63, 3.8) is 0 Å². The minimum atomic E-state index is -0.505. The lowest BCUT2D eigenvalue weighted by molar-refractivity contribution is -0.394. The van der Waals surface area contributed by atoms with Gasteiger partial charge in [-0.1, -0.05) is 67.1 Å². The second kappa shape index (κ2) is 11.6. The number of carbonyl (C=O) groups excluding carboxylic acids is 2. The Labute approximate surface area is 235 Å². The summed E-state index contributed by atoms with van der Waals surface area (Å²) in [6.07, 6.45) is 5.11. The second-order valence-electron chi connectivity index (χ2n) is 11.1. The van der Waals surface area contributed by atoms with E-state index in [1.807, 2.05) is 18.2 Å². The van der Waals surface area contributed by atoms with Gasteiger partial charge in [-0.15, -0.1) is 4.99 Å². The van der Waals surface area contributed by atoms with Crippen LogP contribution in [0.5, 0.6) is 5.75 Å². The van der Waals surface area contributed by atoms with Crippen LogP contribution in [0.3, 0.4) is 0 Å². The van der Waals surface area contributed by atoms with Gasteiger partial charge in [-0.25, -0.2) is 4.79 Å². The van der Waals surface area contributed by atoms with E-state index >= 15 is 0 Å². The van der Waals surface area contributed by atoms with Gasteiger partial charge in [0.15, 0.2) is 6.04 Å². The van der Waals surface area contributed by atoms with Crippen molar-refractivity contribution in [2.75, 3.05) is 0 Å². The van der Waals surface area contributed by atoms with Crippen molar-refractivity contribution in [3.05, 3.63) is 101 Å². The second-order valence-corrected chi connectivity index (χ2v) is 11.1. The molecule has 0 bridgehead atoms. The molecule has 2 aliphatic heterocycles. The Morgan fingerprint density at radius 2 is 1.55 bits per heavy atom. The normalized spacial score (nSPS) is 22.8. The van der Waals surface area contributed by atoms with Crippen molar-refractivity contribution in [2.45, 2.75) is 76.3 Å². The topological polar surface area (TPSA) is 84.0 Å². The molecule has 0 spiro atoms. The van der Waals surface area contributed by atoms with E-state index in [9.17, 15) is 14.7 Å². The number of fused-ring (bicyclic) bond motifs is 1. The molecule has 1 aliphatic carbocycles. The Bertz CT molecular complexity index is 1350. The van der Waals surface area contributed by atoms with Gasteiger partial charge in [-0.2, -0.15) is 0 Å². The van der Waals surface area contributed by atoms with Crippen LogP contribution in [0, 0.1) is 0 Å². The van der Waals surface area contributed by atoms with Crippen LogP contribution >= 0.6 is 0 Å². The first-order valence-corrected chi connectivity index (χ1v) is 14.3. The summed E-state index contributed by atoms with van der Waals surface area (Å²) in [5.74, 6) is 0.288. The molecule has 7 nitrogen and oxygen atoms in total. The Balaban J connectivity index is 1.21. The Kier molecular flexibility index (Phi) is 7.64. The van der Waals surface area contributed by atoms with Gasteiger partial charge in [0.1, 0.15) is 11.9 Å². The fourth-order valence-corrected chi connectivity index (χ4v) is 6.37. The number of hydrogen-bond donors (Lipinski definition) is 2. The number of carbonyl (C=O) groups is 2. The molecule has 2 heterocycles. The van der Waals surface area contributed by atoms with Crippen LogP contribution < -0.4 is 9.73 Å². The van der Waals surface area contributed by atoms with Crippen LogP contribution in [0.15, 0.2) is 78.9 Å². The van der Waals surface area contributed by atoms with Gasteiger partial charge in [0.05, 0.1) is 6.42 Å². The minimum Gasteiger partial charge on any atom is -0.489 e. The Morgan fingerprint density at radius 3 is 2.23 bits per heavy atom. The van der Waals surface area contributed by atoms with E-state index in [0.717, 1.165) is 43.7 Å². The number of nitrogens with one attached hydrogen (secondary N) is 1. The van der Waals surface area contributed by atoms with Gasteiger partial charge in [0, 0.05) is 31.2 Å². The smallest absolute Gasteiger partial charge is 0.388 e. The van der Waals surface area contributed by atoms with Crippen molar-refractivity contribution in [1.29, 1.82) is 0 Å². The quantitative estimate of drug-likeness (QED) is 0.456. The zero-order chi connectivity index (χ0) is 27.5. The fraction of sp³-hybridized carbons (Fsp3) is 0.364. The number of ether oxygens (including phenoxy) is 1. The highest BCUT2D eigenvalue weighted by Crippen LogP contribution is 2.33. The van der Waals surface area contributed by atoms with Gasteiger partial charge in [0.25, 0.3) is 5.91 Å². The van der Waals surface area contributed by atoms with Crippen LogP contribution in [0.4, 0.5) is 0 Å². The summed E-state index contributed by atoms with van der Waals surface area (Å²) in [5.41, 5.74) is 4.10.